The number of amides is 1. The normalized spacial score (nSPS) is 13.5. The maximum Gasteiger partial charge on any atom is 0.335 e. The molecule has 7 heteroatoms. The van der Waals surface area contributed by atoms with Gasteiger partial charge in [-0.1, -0.05) is 32.6 Å². The molecule has 0 aromatic rings. The number of ether oxygens (including phenoxy) is 1. The lowest BCUT2D eigenvalue weighted by molar-refractivity contribution is -0.164. The Morgan fingerprint density at radius 1 is 1.08 bits per heavy atom. The van der Waals surface area contributed by atoms with E-state index < -0.39 is 11.6 Å². The monoisotopic (exact) mass is 346 g/mol. The molecule has 0 fully saturated rings. The minimum atomic E-state index is -1.32. The van der Waals surface area contributed by atoms with E-state index in [1.807, 2.05) is 0 Å². The van der Waals surface area contributed by atoms with E-state index in [1.54, 1.807) is 0 Å². The zero-order chi connectivity index (χ0) is 18.3. The molecular formula is C17H34N2O5. The third-order valence-electron chi connectivity index (χ3n) is 3.87. The lowest BCUT2D eigenvalue weighted by Gasteiger charge is -2.25. The number of rotatable bonds is 16. The quantitative estimate of drug-likeness (QED) is 0.314. The number of hydrogen-bond donors (Lipinski definition) is 4. The van der Waals surface area contributed by atoms with E-state index in [9.17, 15) is 14.7 Å². The Labute approximate surface area is 145 Å². The van der Waals surface area contributed by atoms with Crippen LogP contribution in [0.15, 0.2) is 0 Å². The van der Waals surface area contributed by atoms with E-state index in [0.717, 1.165) is 19.3 Å². The van der Waals surface area contributed by atoms with Gasteiger partial charge in [0.1, 0.15) is 0 Å². The second-order valence-electron chi connectivity index (χ2n) is 6.12. The van der Waals surface area contributed by atoms with Gasteiger partial charge in [0, 0.05) is 32.5 Å². The Balaban J connectivity index is 3.94. The summed E-state index contributed by atoms with van der Waals surface area (Å²) in [6.45, 7) is 5.11. The van der Waals surface area contributed by atoms with Crippen LogP contribution in [0.1, 0.15) is 58.8 Å². The first-order valence-corrected chi connectivity index (χ1v) is 8.92. The van der Waals surface area contributed by atoms with Crippen LogP contribution in [0, 0.1) is 0 Å². The molecule has 1 amide bonds. The van der Waals surface area contributed by atoms with Crippen LogP contribution < -0.4 is 10.6 Å². The number of aliphatic hydroxyl groups is 1. The summed E-state index contributed by atoms with van der Waals surface area (Å²) in [5.41, 5.74) is -1.32. The van der Waals surface area contributed by atoms with Gasteiger partial charge in [-0.3, -0.25) is 4.79 Å². The van der Waals surface area contributed by atoms with Crippen LogP contribution in [-0.4, -0.2) is 60.5 Å². The lowest BCUT2D eigenvalue weighted by Crippen LogP contribution is -2.43. The Kier molecular flexibility index (Phi) is 13.5. The largest absolute Gasteiger partial charge is 0.479 e. The molecule has 0 aromatic heterocycles. The summed E-state index contributed by atoms with van der Waals surface area (Å²) in [5, 5.41) is 23.7. The lowest BCUT2D eigenvalue weighted by atomic mass is 10.0. The average molecular weight is 346 g/mol. The number of carbonyl (C=O) groups is 2. The van der Waals surface area contributed by atoms with Gasteiger partial charge < -0.3 is 25.6 Å². The molecule has 0 aliphatic rings. The Hall–Kier alpha value is -1.18. The molecule has 1 atom stereocenters. The number of carboxylic acids is 1. The summed E-state index contributed by atoms with van der Waals surface area (Å²) in [6.07, 6.45) is 6.15. The van der Waals surface area contributed by atoms with Crippen molar-refractivity contribution in [2.75, 3.05) is 32.8 Å². The highest BCUT2D eigenvalue weighted by atomic mass is 16.5. The third kappa shape index (κ3) is 11.4. The van der Waals surface area contributed by atoms with Crippen LogP contribution in [0.2, 0.25) is 0 Å². The molecule has 0 aromatic carbocycles. The molecule has 0 saturated carbocycles. The van der Waals surface area contributed by atoms with Crippen molar-refractivity contribution < 1.29 is 24.5 Å². The predicted octanol–water partition coefficient (Wildman–Crippen LogP) is 1.30. The topological polar surface area (TPSA) is 108 Å². The summed E-state index contributed by atoms with van der Waals surface area (Å²) in [7, 11) is 0. The zero-order valence-electron chi connectivity index (χ0n) is 15.1. The van der Waals surface area contributed by atoms with Crippen molar-refractivity contribution in [3.8, 4) is 0 Å². The van der Waals surface area contributed by atoms with Crippen LogP contribution in [0.25, 0.3) is 0 Å². The standard InChI is InChI=1S/C17H34N2O5/c1-3-4-5-6-7-8-15(21)19-10-9-17(2,16(22)23)24-14-12-18-11-13-20/h18,20H,3-14H2,1-2H3,(H,19,21)(H,22,23). The Morgan fingerprint density at radius 3 is 2.42 bits per heavy atom. The molecule has 0 bridgehead atoms. The van der Waals surface area contributed by atoms with E-state index in [1.165, 1.54) is 19.8 Å². The molecule has 0 saturated heterocycles. The van der Waals surface area contributed by atoms with Crippen LogP contribution in [-0.2, 0) is 14.3 Å². The van der Waals surface area contributed by atoms with Gasteiger partial charge >= 0.3 is 5.97 Å². The Bertz CT molecular complexity index is 352. The molecule has 0 heterocycles. The van der Waals surface area contributed by atoms with Crippen molar-refractivity contribution in [1.82, 2.24) is 10.6 Å². The molecule has 4 N–H and O–H groups in total. The fraction of sp³-hybridized carbons (Fsp3) is 0.882. The summed E-state index contributed by atoms with van der Waals surface area (Å²) in [5.74, 6) is -1.08. The van der Waals surface area contributed by atoms with Gasteiger partial charge in [0.2, 0.25) is 5.91 Å². The second kappa shape index (κ2) is 14.2. The van der Waals surface area contributed by atoms with E-state index in [-0.39, 0.29) is 32.1 Å². The summed E-state index contributed by atoms with van der Waals surface area (Å²) in [6, 6.07) is 0. The highest BCUT2D eigenvalue weighted by Gasteiger charge is 2.33. The van der Waals surface area contributed by atoms with E-state index in [2.05, 4.69) is 17.6 Å². The van der Waals surface area contributed by atoms with E-state index in [4.69, 9.17) is 9.84 Å². The maximum absolute atomic E-state index is 11.7. The van der Waals surface area contributed by atoms with Gasteiger partial charge in [0.25, 0.3) is 0 Å². The number of aliphatic carboxylic acids is 1. The number of hydrogen-bond acceptors (Lipinski definition) is 5. The molecule has 0 rings (SSSR count). The van der Waals surface area contributed by atoms with Gasteiger partial charge in [-0.15, -0.1) is 0 Å². The highest BCUT2D eigenvalue weighted by molar-refractivity contribution is 5.78. The Morgan fingerprint density at radius 2 is 1.79 bits per heavy atom. The molecule has 142 valence electrons. The average Bonchev–Trinajstić information content (AvgIpc) is 2.54. The van der Waals surface area contributed by atoms with E-state index in [0.29, 0.717) is 19.5 Å². The number of carboxylic acid groups (broad SMARTS) is 1. The van der Waals surface area contributed by atoms with Gasteiger partial charge in [0.15, 0.2) is 5.60 Å². The van der Waals surface area contributed by atoms with Crippen molar-refractivity contribution >= 4 is 11.9 Å². The number of unbranched alkanes of at least 4 members (excludes halogenated alkanes) is 4. The first kappa shape index (κ1) is 22.8. The molecular weight excluding hydrogens is 312 g/mol. The minimum absolute atomic E-state index is 0.0284. The smallest absolute Gasteiger partial charge is 0.335 e. The molecule has 24 heavy (non-hydrogen) atoms. The van der Waals surface area contributed by atoms with Crippen LogP contribution in [0.5, 0.6) is 0 Å². The molecule has 0 aliphatic heterocycles. The molecule has 0 aliphatic carbocycles. The number of aliphatic hydroxyl groups excluding tert-OH is 1. The maximum atomic E-state index is 11.7. The van der Waals surface area contributed by atoms with Crippen molar-refractivity contribution in [3.05, 3.63) is 0 Å². The third-order valence-corrected chi connectivity index (χ3v) is 3.87. The molecule has 0 spiro atoms. The minimum Gasteiger partial charge on any atom is -0.479 e. The molecule has 1 unspecified atom stereocenters. The number of nitrogens with one attached hydrogen (secondary N) is 2. The van der Waals surface area contributed by atoms with Crippen LogP contribution in [0.3, 0.4) is 0 Å². The first-order chi connectivity index (χ1) is 11.5. The number of carbonyl (C=O) groups excluding carboxylic acids is 1. The van der Waals surface area contributed by atoms with Gasteiger partial charge in [-0.25, -0.2) is 4.79 Å². The summed E-state index contributed by atoms with van der Waals surface area (Å²) < 4.78 is 5.45. The van der Waals surface area contributed by atoms with Gasteiger partial charge in [-0.2, -0.15) is 0 Å². The van der Waals surface area contributed by atoms with Crippen molar-refractivity contribution in [3.63, 3.8) is 0 Å². The van der Waals surface area contributed by atoms with E-state index >= 15 is 0 Å². The fourth-order valence-corrected chi connectivity index (χ4v) is 2.21. The first-order valence-electron chi connectivity index (χ1n) is 8.92. The molecule has 7 nitrogen and oxygen atoms in total. The van der Waals surface area contributed by atoms with Crippen LogP contribution >= 0.6 is 0 Å². The van der Waals surface area contributed by atoms with Gasteiger partial charge in [0.05, 0.1) is 13.2 Å². The van der Waals surface area contributed by atoms with Crippen LogP contribution in [0.4, 0.5) is 0 Å². The van der Waals surface area contributed by atoms with Crippen molar-refractivity contribution in [2.45, 2.75) is 64.4 Å². The van der Waals surface area contributed by atoms with Gasteiger partial charge in [-0.05, 0) is 13.3 Å². The predicted molar refractivity (Wildman–Crippen MR) is 93.0 cm³/mol. The summed E-state index contributed by atoms with van der Waals surface area (Å²) in [4.78, 5) is 23.1. The highest BCUT2D eigenvalue weighted by Crippen LogP contribution is 2.15. The zero-order valence-corrected chi connectivity index (χ0v) is 15.1. The second-order valence-corrected chi connectivity index (χ2v) is 6.12. The van der Waals surface area contributed by atoms with Crippen molar-refractivity contribution in [1.29, 1.82) is 0 Å². The summed E-state index contributed by atoms with van der Waals surface area (Å²) >= 11 is 0. The fourth-order valence-electron chi connectivity index (χ4n) is 2.21. The van der Waals surface area contributed by atoms with Crippen molar-refractivity contribution in [2.24, 2.45) is 0 Å². The molecule has 0 radical (unpaired) electrons. The SMILES string of the molecule is CCCCCCCC(=O)NCCC(C)(OCCNCCO)C(=O)O.